The molecule has 4 rings (SSSR count). The number of hydrogen-bond acceptors (Lipinski definition) is 6. The number of hydrogen-bond donors (Lipinski definition) is 3. The maximum atomic E-state index is 13.5. The predicted molar refractivity (Wildman–Crippen MR) is 172 cm³/mol. The topological polar surface area (TPSA) is 106 Å². The zero-order chi connectivity index (χ0) is 30.8. The van der Waals surface area contributed by atoms with E-state index in [4.69, 9.17) is 21.1 Å². The van der Waals surface area contributed by atoms with Gasteiger partial charge in [-0.3, -0.25) is 14.4 Å². The molecular weight excluding hydrogens is 586 g/mol. The standard InChI is InChI=1S/C33H30ClN3O5S/c1-21-27(34)13-8-14-28(21)36-31(38)20-43-26-12-7-11-24(19-26)35-33(40)29(37-32(39)22-9-5-4-6-10-22)18-23-17-25(41-2)15-16-30(23)42-3/h4-19H,20H2,1-3H3,(H,35,40)(H,36,38)(H,37,39)/b29-18+. The fraction of sp³-hybridized carbons (Fsp3) is 0.121. The molecule has 10 heteroatoms. The van der Waals surface area contributed by atoms with Crippen LogP contribution in [0.4, 0.5) is 11.4 Å². The van der Waals surface area contributed by atoms with Crippen molar-refractivity contribution in [2.75, 3.05) is 30.6 Å². The average Bonchev–Trinajstić information content (AvgIpc) is 3.02. The first kappa shape index (κ1) is 31.2. The molecule has 0 fully saturated rings. The number of nitrogens with one attached hydrogen (secondary N) is 3. The Balaban J connectivity index is 1.51. The highest BCUT2D eigenvalue weighted by molar-refractivity contribution is 8.00. The van der Waals surface area contributed by atoms with Crippen LogP contribution < -0.4 is 25.4 Å². The highest BCUT2D eigenvalue weighted by atomic mass is 35.5. The van der Waals surface area contributed by atoms with E-state index in [1.54, 1.807) is 84.9 Å². The Labute approximate surface area is 259 Å². The van der Waals surface area contributed by atoms with Crippen molar-refractivity contribution in [3.63, 3.8) is 0 Å². The van der Waals surface area contributed by atoms with Crippen LogP contribution in [0.3, 0.4) is 0 Å². The van der Waals surface area contributed by atoms with Crippen LogP contribution in [-0.4, -0.2) is 37.7 Å². The van der Waals surface area contributed by atoms with Crippen molar-refractivity contribution in [1.82, 2.24) is 5.32 Å². The van der Waals surface area contributed by atoms with Crippen molar-refractivity contribution in [2.45, 2.75) is 11.8 Å². The molecule has 4 aromatic carbocycles. The van der Waals surface area contributed by atoms with Crippen LogP contribution in [-0.2, 0) is 9.59 Å². The van der Waals surface area contributed by atoms with Crippen molar-refractivity contribution in [1.29, 1.82) is 0 Å². The highest BCUT2D eigenvalue weighted by Gasteiger charge is 2.17. The third-order valence-electron chi connectivity index (χ3n) is 6.27. The van der Waals surface area contributed by atoms with E-state index in [1.807, 2.05) is 13.0 Å². The Kier molecular flexibility index (Phi) is 10.9. The van der Waals surface area contributed by atoms with Gasteiger partial charge in [-0.25, -0.2) is 0 Å². The minimum Gasteiger partial charge on any atom is -0.497 e. The van der Waals surface area contributed by atoms with Gasteiger partial charge >= 0.3 is 0 Å². The van der Waals surface area contributed by atoms with Crippen molar-refractivity contribution in [2.24, 2.45) is 0 Å². The van der Waals surface area contributed by atoms with Gasteiger partial charge in [-0.05, 0) is 79.2 Å². The fourth-order valence-electron chi connectivity index (χ4n) is 3.99. The molecule has 0 atom stereocenters. The summed E-state index contributed by atoms with van der Waals surface area (Å²) in [7, 11) is 3.05. The third-order valence-corrected chi connectivity index (χ3v) is 7.67. The fourth-order valence-corrected chi connectivity index (χ4v) is 4.92. The zero-order valence-electron chi connectivity index (χ0n) is 23.8. The second-order valence-corrected chi connectivity index (χ2v) is 10.7. The average molecular weight is 616 g/mol. The molecule has 0 bridgehead atoms. The first-order chi connectivity index (χ1) is 20.8. The quantitative estimate of drug-likeness (QED) is 0.126. The van der Waals surface area contributed by atoms with Crippen LogP contribution in [0.1, 0.15) is 21.5 Å². The van der Waals surface area contributed by atoms with Gasteiger partial charge in [0.05, 0.1) is 20.0 Å². The molecule has 0 aliphatic heterocycles. The maximum Gasteiger partial charge on any atom is 0.272 e. The molecule has 0 radical (unpaired) electrons. The van der Waals surface area contributed by atoms with Gasteiger partial charge in [0.1, 0.15) is 17.2 Å². The third kappa shape index (κ3) is 8.64. The van der Waals surface area contributed by atoms with Crippen LogP contribution in [0.5, 0.6) is 11.5 Å². The number of amides is 3. The number of anilines is 2. The van der Waals surface area contributed by atoms with Crippen molar-refractivity contribution >= 4 is 58.5 Å². The van der Waals surface area contributed by atoms with Gasteiger partial charge in [0, 0.05) is 32.4 Å². The Bertz CT molecular complexity index is 1660. The molecule has 0 aromatic heterocycles. The van der Waals surface area contributed by atoms with Gasteiger partial charge in [0.2, 0.25) is 5.91 Å². The van der Waals surface area contributed by atoms with Crippen LogP contribution in [0, 0.1) is 6.92 Å². The van der Waals surface area contributed by atoms with Crippen LogP contribution >= 0.6 is 23.4 Å². The minimum atomic E-state index is -0.550. The largest absolute Gasteiger partial charge is 0.497 e. The van der Waals surface area contributed by atoms with Crippen molar-refractivity contribution in [3.05, 3.63) is 118 Å². The number of benzene rings is 4. The van der Waals surface area contributed by atoms with Crippen molar-refractivity contribution < 1.29 is 23.9 Å². The van der Waals surface area contributed by atoms with Gasteiger partial charge < -0.3 is 25.4 Å². The van der Waals surface area contributed by atoms with E-state index in [0.29, 0.717) is 39.0 Å². The summed E-state index contributed by atoms with van der Waals surface area (Å²) < 4.78 is 10.8. The lowest BCUT2D eigenvalue weighted by molar-refractivity contribution is -0.114. The SMILES string of the molecule is COc1ccc(OC)c(/C=C(/NC(=O)c2ccccc2)C(=O)Nc2cccc(SCC(=O)Nc3cccc(Cl)c3C)c2)c1. The monoisotopic (exact) mass is 615 g/mol. The molecule has 3 amide bonds. The Morgan fingerprint density at radius 2 is 1.63 bits per heavy atom. The lowest BCUT2D eigenvalue weighted by Gasteiger charge is -2.14. The molecular formula is C33H30ClN3O5S. The van der Waals surface area contributed by atoms with E-state index in [-0.39, 0.29) is 17.4 Å². The van der Waals surface area contributed by atoms with Crippen LogP contribution in [0.2, 0.25) is 5.02 Å². The second kappa shape index (κ2) is 14.9. The second-order valence-electron chi connectivity index (χ2n) is 9.22. The van der Waals surface area contributed by atoms with E-state index >= 15 is 0 Å². The lowest BCUT2D eigenvalue weighted by atomic mass is 10.1. The van der Waals surface area contributed by atoms with E-state index in [2.05, 4.69) is 16.0 Å². The summed E-state index contributed by atoms with van der Waals surface area (Å²) in [6.45, 7) is 1.84. The zero-order valence-corrected chi connectivity index (χ0v) is 25.3. The molecule has 220 valence electrons. The summed E-state index contributed by atoms with van der Waals surface area (Å²) >= 11 is 7.47. The minimum absolute atomic E-state index is 0.00488. The molecule has 8 nitrogen and oxygen atoms in total. The molecule has 0 heterocycles. The lowest BCUT2D eigenvalue weighted by Crippen LogP contribution is -2.30. The normalized spacial score (nSPS) is 10.9. The van der Waals surface area contributed by atoms with E-state index in [0.717, 1.165) is 10.5 Å². The van der Waals surface area contributed by atoms with E-state index in [1.165, 1.54) is 32.1 Å². The number of carbonyl (C=O) groups is 3. The van der Waals surface area contributed by atoms with Gasteiger partial charge in [0.15, 0.2) is 0 Å². The Morgan fingerprint density at radius 1 is 0.860 bits per heavy atom. The molecule has 0 aliphatic rings. The Morgan fingerprint density at radius 3 is 2.37 bits per heavy atom. The molecule has 0 spiro atoms. The molecule has 0 aliphatic carbocycles. The predicted octanol–water partition coefficient (Wildman–Crippen LogP) is 6.81. The summed E-state index contributed by atoms with van der Waals surface area (Å²) in [6, 6.07) is 26.2. The van der Waals surface area contributed by atoms with Crippen LogP contribution in [0.25, 0.3) is 6.08 Å². The smallest absolute Gasteiger partial charge is 0.272 e. The summed E-state index contributed by atoms with van der Waals surface area (Å²) in [5.74, 6) is 0.00717. The van der Waals surface area contributed by atoms with Gasteiger partial charge in [0.25, 0.3) is 11.8 Å². The van der Waals surface area contributed by atoms with Crippen LogP contribution in [0.15, 0.2) is 102 Å². The molecule has 0 unspecified atom stereocenters. The summed E-state index contributed by atoms with van der Waals surface area (Å²) in [5.41, 5.74) is 2.85. The molecule has 43 heavy (non-hydrogen) atoms. The van der Waals surface area contributed by atoms with Gasteiger partial charge in [-0.15, -0.1) is 11.8 Å². The molecule has 0 saturated heterocycles. The van der Waals surface area contributed by atoms with Gasteiger partial charge in [-0.1, -0.05) is 41.9 Å². The number of rotatable bonds is 11. The maximum absolute atomic E-state index is 13.5. The summed E-state index contributed by atoms with van der Waals surface area (Å²) in [6.07, 6.45) is 1.53. The number of halogens is 1. The summed E-state index contributed by atoms with van der Waals surface area (Å²) in [5, 5.41) is 9.02. The summed E-state index contributed by atoms with van der Waals surface area (Å²) in [4.78, 5) is 39.9. The molecule has 0 saturated carbocycles. The molecule has 4 aromatic rings. The first-order valence-electron chi connectivity index (χ1n) is 13.2. The number of thioether (sulfide) groups is 1. The highest BCUT2D eigenvalue weighted by Crippen LogP contribution is 2.27. The number of ether oxygens (including phenoxy) is 2. The first-order valence-corrected chi connectivity index (χ1v) is 14.5. The van der Waals surface area contributed by atoms with E-state index < -0.39 is 11.8 Å². The van der Waals surface area contributed by atoms with Crippen molar-refractivity contribution in [3.8, 4) is 11.5 Å². The molecule has 3 N–H and O–H groups in total. The number of methoxy groups -OCH3 is 2. The Hall–Kier alpha value is -4.73. The van der Waals surface area contributed by atoms with E-state index in [9.17, 15) is 14.4 Å². The number of carbonyl (C=O) groups excluding carboxylic acids is 3. The van der Waals surface area contributed by atoms with Gasteiger partial charge in [-0.2, -0.15) is 0 Å².